The van der Waals surface area contributed by atoms with Gasteiger partial charge in [-0.2, -0.15) is 0 Å². The molecule has 2 amide bonds. The van der Waals surface area contributed by atoms with Crippen molar-refractivity contribution in [3.8, 4) is 0 Å². The van der Waals surface area contributed by atoms with E-state index >= 15 is 0 Å². The number of amides is 2. The molecule has 2 heterocycles. The maximum Gasteiger partial charge on any atom is 0.232 e. The number of hydrogen-bond acceptors (Lipinski definition) is 8. The highest BCUT2D eigenvalue weighted by Gasteiger charge is 2.12. The number of carbonyl (C=O) groups is 2. The number of carbonyl (C=O) groups excluding carboxylic acids is 2. The Morgan fingerprint density at radius 2 is 2.13 bits per heavy atom. The summed E-state index contributed by atoms with van der Waals surface area (Å²) in [7, 11) is 3.42. The van der Waals surface area contributed by atoms with Gasteiger partial charge in [0.05, 0.1) is 17.0 Å². The van der Waals surface area contributed by atoms with Gasteiger partial charge in [-0.15, -0.1) is 21.5 Å². The molecule has 10 heteroatoms. The third kappa shape index (κ3) is 5.56. The predicted octanol–water partition coefficient (Wildman–Crippen LogP) is 2.05. The minimum absolute atomic E-state index is 0.00992. The number of thiazole rings is 1. The molecule has 0 saturated heterocycles. The maximum absolute atomic E-state index is 11.9. The first-order valence-electron chi connectivity index (χ1n) is 6.81. The number of thioether (sulfide) groups is 1. The van der Waals surface area contributed by atoms with Crippen molar-refractivity contribution in [3.05, 3.63) is 16.1 Å². The normalized spacial score (nSPS) is 10.6. The molecule has 0 aliphatic rings. The van der Waals surface area contributed by atoms with Gasteiger partial charge >= 0.3 is 0 Å². The van der Waals surface area contributed by atoms with Crippen LogP contribution in [0.3, 0.4) is 0 Å². The highest BCUT2D eigenvalue weighted by molar-refractivity contribution is 8.01. The minimum Gasteiger partial charge on any atom is -0.348 e. The van der Waals surface area contributed by atoms with Gasteiger partial charge in [0.15, 0.2) is 4.34 Å². The van der Waals surface area contributed by atoms with Gasteiger partial charge < -0.3 is 10.2 Å². The zero-order valence-electron chi connectivity index (χ0n) is 13.0. The molecule has 0 aliphatic carbocycles. The topological polar surface area (TPSA) is 88.1 Å². The van der Waals surface area contributed by atoms with Crippen molar-refractivity contribution in [2.75, 3.05) is 25.2 Å². The average Bonchev–Trinajstić information content (AvgIpc) is 3.11. The summed E-state index contributed by atoms with van der Waals surface area (Å²) >= 11 is 4.14. The summed E-state index contributed by atoms with van der Waals surface area (Å²) in [4.78, 5) is 30.3. The Kier molecular flexibility index (Phi) is 6.48. The fraction of sp³-hybridized carbons (Fsp3) is 0.462. The molecule has 2 aromatic rings. The summed E-state index contributed by atoms with van der Waals surface area (Å²) in [5.74, 6) is 0.214. The first kappa shape index (κ1) is 17.8. The Labute approximate surface area is 146 Å². The van der Waals surface area contributed by atoms with Crippen LogP contribution < -0.4 is 5.32 Å². The maximum atomic E-state index is 11.9. The third-order valence-corrected chi connectivity index (χ3v) is 5.85. The molecular weight excluding hydrogens is 354 g/mol. The molecule has 0 aromatic carbocycles. The predicted molar refractivity (Wildman–Crippen MR) is 93.1 cm³/mol. The lowest BCUT2D eigenvalue weighted by Crippen LogP contribution is -2.23. The van der Waals surface area contributed by atoms with Crippen molar-refractivity contribution in [2.45, 2.75) is 24.1 Å². The molecule has 7 nitrogen and oxygen atoms in total. The van der Waals surface area contributed by atoms with Gasteiger partial charge in [0.2, 0.25) is 16.9 Å². The largest absolute Gasteiger partial charge is 0.348 e. The summed E-state index contributed by atoms with van der Waals surface area (Å²) in [5, 5.41) is 11.1. The Hall–Kier alpha value is -1.52. The van der Waals surface area contributed by atoms with E-state index in [1.807, 2.05) is 6.92 Å². The summed E-state index contributed by atoms with van der Waals surface area (Å²) in [6.45, 7) is 1.94. The van der Waals surface area contributed by atoms with Gasteiger partial charge in [-0.1, -0.05) is 23.1 Å². The molecule has 0 unspecified atom stereocenters. The quantitative estimate of drug-likeness (QED) is 0.592. The smallest absolute Gasteiger partial charge is 0.232 e. The van der Waals surface area contributed by atoms with E-state index in [1.54, 1.807) is 30.9 Å². The van der Waals surface area contributed by atoms with Gasteiger partial charge in [-0.05, 0) is 13.3 Å². The summed E-state index contributed by atoms with van der Waals surface area (Å²) < 4.78 is 0.661. The SMILES string of the molecule is Cc1ncsc1CCC(=O)Nc1nnc(SCC(=O)N(C)C)s1. The molecule has 0 spiro atoms. The van der Waals surface area contributed by atoms with Crippen LogP contribution in [0.2, 0.25) is 0 Å². The number of aryl methyl sites for hydroxylation is 2. The van der Waals surface area contributed by atoms with Crippen molar-refractivity contribution in [3.63, 3.8) is 0 Å². The first-order valence-corrected chi connectivity index (χ1v) is 9.49. The Morgan fingerprint density at radius 3 is 2.78 bits per heavy atom. The van der Waals surface area contributed by atoms with Gasteiger partial charge in [0.25, 0.3) is 0 Å². The molecule has 1 N–H and O–H groups in total. The first-order chi connectivity index (χ1) is 11.0. The van der Waals surface area contributed by atoms with Crippen molar-refractivity contribution >= 4 is 51.4 Å². The standard InChI is InChI=1S/C13H17N5O2S3/c1-8-9(22-7-14-8)4-5-10(19)15-12-16-17-13(23-12)21-6-11(20)18(2)3/h7H,4-6H2,1-3H3,(H,15,16,19). The van der Waals surface area contributed by atoms with E-state index < -0.39 is 0 Å². The van der Waals surface area contributed by atoms with Crippen molar-refractivity contribution in [1.82, 2.24) is 20.1 Å². The Morgan fingerprint density at radius 1 is 1.35 bits per heavy atom. The lowest BCUT2D eigenvalue weighted by molar-refractivity contribution is -0.125. The molecule has 2 aromatic heterocycles. The molecule has 0 radical (unpaired) electrons. The van der Waals surface area contributed by atoms with Crippen LogP contribution >= 0.6 is 34.4 Å². The second kappa shape index (κ2) is 8.37. The van der Waals surface area contributed by atoms with Crippen LogP contribution in [-0.4, -0.2) is 51.7 Å². The number of aromatic nitrogens is 3. The van der Waals surface area contributed by atoms with Crippen molar-refractivity contribution in [1.29, 1.82) is 0 Å². The van der Waals surface area contributed by atoms with Crippen LogP contribution in [0.15, 0.2) is 9.85 Å². The molecular formula is C13H17N5O2S3. The van der Waals surface area contributed by atoms with E-state index in [0.717, 1.165) is 10.6 Å². The van der Waals surface area contributed by atoms with Gasteiger partial charge in [-0.25, -0.2) is 4.98 Å². The lowest BCUT2D eigenvalue weighted by Gasteiger charge is -2.07. The fourth-order valence-electron chi connectivity index (χ4n) is 1.55. The van der Waals surface area contributed by atoms with Crippen LogP contribution in [0.4, 0.5) is 5.13 Å². The van der Waals surface area contributed by atoms with E-state index in [0.29, 0.717) is 28.1 Å². The molecule has 124 valence electrons. The van der Waals surface area contributed by atoms with E-state index in [4.69, 9.17) is 0 Å². The molecule has 0 atom stereocenters. The highest BCUT2D eigenvalue weighted by atomic mass is 32.2. The van der Waals surface area contributed by atoms with Crippen LogP contribution in [0.5, 0.6) is 0 Å². The minimum atomic E-state index is -0.102. The van der Waals surface area contributed by atoms with E-state index in [9.17, 15) is 9.59 Å². The molecule has 23 heavy (non-hydrogen) atoms. The molecule has 2 rings (SSSR count). The van der Waals surface area contributed by atoms with Crippen LogP contribution in [0.1, 0.15) is 17.0 Å². The van der Waals surface area contributed by atoms with Crippen LogP contribution in [0.25, 0.3) is 0 Å². The molecule has 0 bridgehead atoms. The average molecular weight is 372 g/mol. The van der Waals surface area contributed by atoms with Crippen molar-refractivity contribution < 1.29 is 9.59 Å². The zero-order chi connectivity index (χ0) is 16.8. The summed E-state index contributed by atoms with van der Waals surface area (Å²) in [6.07, 6.45) is 1.05. The van der Waals surface area contributed by atoms with E-state index in [1.165, 1.54) is 28.0 Å². The lowest BCUT2D eigenvalue weighted by atomic mass is 10.2. The molecule has 0 fully saturated rings. The number of nitrogens with one attached hydrogen (secondary N) is 1. The van der Waals surface area contributed by atoms with Crippen molar-refractivity contribution in [2.24, 2.45) is 0 Å². The number of hydrogen-bond donors (Lipinski definition) is 1. The van der Waals surface area contributed by atoms with E-state index in [2.05, 4.69) is 20.5 Å². The molecule has 0 aliphatic heterocycles. The monoisotopic (exact) mass is 371 g/mol. The highest BCUT2D eigenvalue weighted by Crippen LogP contribution is 2.25. The number of nitrogens with zero attached hydrogens (tertiary/aromatic N) is 4. The van der Waals surface area contributed by atoms with Gasteiger partial charge in [0, 0.05) is 25.4 Å². The van der Waals surface area contributed by atoms with Gasteiger partial charge in [0.1, 0.15) is 0 Å². The number of anilines is 1. The Bertz CT molecular complexity index is 683. The summed E-state index contributed by atoms with van der Waals surface area (Å²) in [6, 6.07) is 0. The molecule has 0 saturated carbocycles. The second-order valence-corrected chi connectivity index (χ2v) is 8.00. The zero-order valence-corrected chi connectivity index (χ0v) is 15.5. The second-order valence-electron chi connectivity index (χ2n) is 4.86. The van der Waals surface area contributed by atoms with Gasteiger partial charge in [-0.3, -0.25) is 9.59 Å². The summed E-state index contributed by atoms with van der Waals surface area (Å²) in [5.41, 5.74) is 2.76. The Balaban J connectivity index is 1.78. The van der Waals surface area contributed by atoms with Crippen LogP contribution in [-0.2, 0) is 16.0 Å². The fourth-order valence-corrected chi connectivity index (χ4v) is 4.07. The third-order valence-electron chi connectivity index (χ3n) is 2.89. The van der Waals surface area contributed by atoms with Crippen LogP contribution in [0, 0.1) is 6.92 Å². The van der Waals surface area contributed by atoms with E-state index in [-0.39, 0.29) is 11.8 Å². The number of rotatable bonds is 7.